The molecule has 0 aliphatic rings. The van der Waals surface area contributed by atoms with Crippen molar-refractivity contribution in [2.24, 2.45) is 5.73 Å². The molecule has 12 heterocycles. The molecule has 0 saturated carbocycles. The van der Waals surface area contributed by atoms with Crippen molar-refractivity contribution in [1.82, 2.24) is 55.2 Å². The van der Waals surface area contributed by atoms with Gasteiger partial charge in [0, 0.05) is 71.6 Å². The summed E-state index contributed by atoms with van der Waals surface area (Å²) in [6.07, 6.45) is 6.51. The predicted octanol–water partition coefficient (Wildman–Crippen LogP) is 14.2. The monoisotopic (exact) mass is 1580 g/mol. The minimum atomic E-state index is -0.531. The van der Waals surface area contributed by atoms with Crippen LogP contribution in [0.2, 0.25) is 0 Å². The number of H-pyrrole nitrogens is 2. The lowest BCUT2D eigenvalue weighted by Crippen LogP contribution is -2.28. The number of likely N-dealkylation sites (N-methyl/N-ethyl adjacent to an activating group) is 3. The van der Waals surface area contributed by atoms with Gasteiger partial charge >= 0.3 is 6.09 Å². The van der Waals surface area contributed by atoms with Crippen molar-refractivity contribution in [2.45, 2.75) is 26.3 Å². The molecule has 0 aliphatic carbocycles. The number of amides is 1. The molecule has 34 heteroatoms. The molecule has 0 radical (unpaired) electrons. The number of para-hydroxylation sites is 2. The Morgan fingerprint density at radius 2 is 0.991 bits per heavy atom. The number of aliphatic hydroxyl groups excluding tert-OH is 2. The van der Waals surface area contributed by atoms with Crippen LogP contribution in [0.5, 0.6) is 11.8 Å². The second kappa shape index (κ2) is 37.4. The molecule has 11 N–H and O–H groups in total. The molecule has 16 rings (SSSR count). The average molecular weight is 1580 g/mol. The first-order chi connectivity index (χ1) is 56.1. The number of aromatic amines is 2. The summed E-state index contributed by atoms with van der Waals surface area (Å²) >= 11 is 2.94. The van der Waals surface area contributed by atoms with E-state index in [1.54, 1.807) is 71.6 Å². The molecule has 0 bridgehead atoms. The fourth-order valence-electron chi connectivity index (χ4n) is 11.0. The Kier molecular flexibility index (Phi) is 25.5. The number of allylic oxidation sites excluding steroid dienone is 1. The Hall–Kier alpha value is -14.7. The molecular weight excluding hydrogens is 1510 g/mol. The number of hydrogen-bond acceptors (Lipinski definition) is 30. The molecule has 115 heavy (non-hydrogen) atoms. The van der Waals surface area contributed by atoms with Gasteiger partial charge in [-0.3, -0.25) is 4.79 Å². The Morgan fingerprint density at radius 1 is 0.557 bits per heavy atom. The molecule has 0 atom stereocenters. The molecule has 0 saturated heterocycles. The van der Waals surface area contributed by atoms with Gasteiger partial charge in [-0.15, -0.1) is 22.7 Å². The molecule has 12 aromatic heterocycles. The number of nitrogens with one attached hydrogen (secondary N) is 3. The highest BCUT2D eigenvalue weighted by molar-refractivity contribution is 7.20. The maximum absolute atomic E-state index is 12.3. The molecular formula is C81H73N19O13S2. The highest BCUT2D eigenvalue weighted by Gasteiger charge is 2.20. The third kappa shape index (κ3) is 20.1. The normalized spacial score (nSPS) is 11.3. The summed E-state index contributed by atoms with van der Waals surface area (Å²) in [4.78, 5) is 71.3. The van der Waals surface area contributed by atoms with Gasteiger partial charge in [-0.25, -0.2) is 29.6 Å². The average Bonchev–Trinajstić information content (AvgIpc) is 1.71. The smallest absolute Gasteiger partial charge is 0.407 e. The molecule has 0 spiro atoms. The van der Waals surface area contributed by atoms with Crippen LogP contribution < -0.4 is 46.7 Å². The van der Waals surface area contributed by atoms with Crippen molar-refractivity contribution in [3.63, 3.8) is 0 Å². The first kappa shape index (κ1) is 78.4. The van der Waals surface area contributed by atoms with E-state index < -0.39 is 6.09 Å². The number of ether oxygens (including phenoxy) is 3. The standard InChI is InChI=1S/C35H29N9O5S.C21H17N3O3S.C13H14N6O.C12H13NO4/c1-37-25(33-41-24-5-3-4-6-28(24)50-33)17-23-11-12-26(48-23)27-13-14-29(49-27)44(2)15-16-46-35(45)38-18-21-7-9-22(10-8-21)19-47-32-30-31(40-20-39-30)42-34(36)43-32;1-24(10-11-25)20-9-8-18(27-20)17-7-6-15(26-17)12-14(13-22)21-23-16-4-2-3-5-19(16)28-21;14-5-8-1-3-9(4-2-8)6-20-12-10-11(17-7-16-10)18-13(15)19-12;1-13(6-7-14)12-5-4-11(17-12)10-3-2-9(8-15)16-10/h3-14,17,20H,15-16,18-19H2,2H3,(H,38,45)(H3,36,39,40,42,43);2-9,12,25H,10-11H2,1H3;1-4,7H,5-6,14H2,(H3,15,16,17,18,19);2-5,8,14H,6-7H2,1H3/b25-17-;14-12+;;. The van der Waals surface area contributed by atoms with Gasteiger partial charge < -0.3 is 98.1 Å². The summed E-state index contributed by atoms with van der Waals surface area (Å²) in [5.41, 5.74) is 25.5. The number of aldehydes is 1. The number of benzene rings is 4. The first-order valence-electron chi connectivity index (χ1n) is 35.4. The number of furan rings is 6. The van der Waals surface area contributed by atoms with Gasteiger partial charge in [0.2, 0.25) is 29.4 Å². The topological polar surface area (TPSA) is 444 Å². The molecule has 1 amide bonds. The van der Waals surface area contributed by atoms with Crippen molar-refractivity contribution in [3.05, 3.63) is 243 Å². The van der Waals surface area contributed by atoms with Gasteiger partial charge in [-0.05, 0) is 107 Å². The van der Waals surface area contributed by atoms with E-state index >= 15 is 0 Å². The SMILES string of the molecule is CN(CCO)c1ccc(-c2ccc(/C=C(\C#N)c3nc4ccccc4s3)o2)o1.CN(CCO)c1ccc(-c2ccc(C=O)o2)o1.NCc1ccc(COc2nc(N)nc3nc[nH]c23)cc1.[C-]#[N+]/C(=C\c1ccc(-c2ccc(N(C)CCOC(=O)NCc3ccc(COc4nc(N)nc5nc[nH]c45)cc3)o2)o1)c1nc2ccccc2s1. The number of aliphatic hydroxyl groups is 2. The number of hydrogen-bond donors (Lipinski definition) is 8. The van der Waals surface area contributed by atoms with E-state index in [0.717, 1.165) is 42.7 Å². The van der Waals surface area contributed by atoms with E-state index in [0.29, 0.717) is 165 Å². The van der Waals surface area contributed by atoms with Gasteiger partial charge in [-0.2, -0.15) is 25.2 Å². The summed E-state index contributed by atoms with van der Waals surface area (Å²) in [6.45, 7) is 10.8. The summed E-state index contributed by atoms with van der Waals surface area (Å²) in [7, 11) is 5.49. The van der Waals surface area contributed by atoms with Crippen molar-refractivity contribution in [3.8, 4) is 52.4 Å². The van der Waals surface area contributed by atoms with Crippen LogP contribution >= 0.6 is 22.7 Å². The Bertz CT molecular complexity index is 6040. The second-order valence-corrected chi connectivity index (χ2v) is 27.1. The number of thiazole rings is 2. The third-order valence-corrected chi connectivity index (χ3v) is 19.1. The van der Waals surface area contributed by atoms with Crippen LogP contribution in [0.15, 0.2) is 209 Å². The number of carbonyl (C=O) groups excluding carboxylic acids is 2. The predicted molar refractivity (Wildman–Crippen MR) is 436 cm³/mol. The molecule has 582 valence electrons. The molecule has 4 aromatic carbocycles. The fraction of sp³-hybridized carbons (Fsp3) is 0.160. The van der Waals surface area contributed by atoms with E-state index in [2.05, 4.69) is 66.1 Å². The van der Waals surface area contributed by atoms with E-state index in [4.69, 9.17) is 74.7 Å². The second-order valence-electron chi connectivity index (χ2n) is 25.0. The van der Waals surface area contributed by atoms with Crippen molar-refractivity contribution < 1.29 is 60.5 Å². The Labute approximate surface area is 662 Å². The summed E-state index contributed by atoms with van der Waals surface area (Å²) in [5.74, 6) is 7.39. The maximum atomic E-state index is 12.3. The first-order valence-corrected chi connectivity index (χ1v) is 37.0. The van der Waals surface area contributed by atoms with Gasteiger partial charge in [0.1, 0.15) is 58.5 Å². The van der Waals surface area contributed by atoms with Crippen LogP contribution in [-0.4, -0.2) is 133 Å². The van der Waals surface area contributed by atoms with Crippen LogP contribution in [-0.2, 0) is 31.0 Å². The number of nitriles is 1. The van der Waals surface area contributed by atoms with Crippen molar-refractivity contribution >= 4 is 131 Å². The number of nitrogens with two attached hydrogens (primary N) is 3. The molecule has 0 aliphatic heterocycles. The van der Waals surface area contributed by atoms with Crippen LogP contribution in [0.4, 0.5) is 34.3 Å². The number of rotatable bonds is 27. The Morgan fingerprint density at radius 3 is 1.46 bits per heavy atom. The zero-order valence-electron chi connectivity index (χ0n) is 61.9. The fourth-order valence-corrected chi connectivity index (χ4v) is 12.9. The lowest BCUT2D eigenvalue weighted by atomic mass is 10.1. The number of anilines is 5. The number of imidazole rings is 2. The third-order valence-electron chi connectivity index (χ3n) is 17.0. The molecule has 16 aromatic rings. The summed E-state index contributed by atoms with van der Waals surface area (Å²) in [6, 6.07) is 54.5. The highest BCUT2D eigenvalue weighted by atomic mass is 32.1. The van der Waals surface area contributed by atoms with E-state index in [1.807, 2.05) is 146 Å². The minimum Gasteiger partial charge on any atom is -0.471 e. The van der Waals surface area contributed by atoms with Crippen LogP contribution in [0.25, 0.3) is 106 Å². The maximum Gasteiger partial charge on any atom is 0.407 e. The van der Waals surface area contributed by atoms with Gasteiger partial charge in [0.25, 0.3) is 0 Å². The zero-order chi connectivity index (χ0) is 80.2. The number of carbonyl (C=O) groups is 2. The number of nitrogen functional groups attached to an aromatic ring is 2. The number of nitrogens with zero attached hydrogens (tertiary/aromatic N) is 13. The summed E-state index contributed by atoms with van der Waals surface area (Å²) < 4.78 is 53.3. The number of aromatic nitrogens is 10. The zero-order valence-corrected chi connectivity index (χ0v) is 63.5. The lowest BCUT2D eigenvalue weighted by Gasteiger charge is -2.16. The van der Waals surface area contributed by atoms with E-state index in [1.165, 1.54) is 35.3 Å². The van der Waals surface area contributed by atoms with Crippen LogP contribution in [0, 0.1) is 17.9 Å². The van der Waals surface area contributed by atoms with Crippen LogP contribution in [0.3, 0.4) is 0 Å². The summed E-state index contributed by atoms with van der Waals surface area (Å²) in [5, 5.41) is 31.5. The van der Waals surface area contributed by atoms with E-state index in [9.17, 15) is 14.9 Å². The molecule has 32 nitrogen and oxygen atoms in total. The van der Waals surface area contributed by atoms with E-state index in [-0.39, 0.29) is 44.1 Å². The van der Waals surface area contributed by atoms with Gasteiger partial charge in [-0.1, -0.05) is 72.8 Å². The van der Waals surface area contributed by atoms with Crippen LogP contribution in [0.1, 0.15) is 54.3 Å². The van der Waals surface area contributed by atoms with Crippen molar-refractivity contribution in [2.75, 3.05) is 86.8 Å². The Balaban J connectivity index is 0.000000148. The number of alkyl carbamates (subject to hydrolysis) is 1. The molecule has 0 unspecified atom stereocenters. The highest BCUT2D eigenvalue weighted by Crippen LogP contribution is 2.36. The quantitative estimate of drug-likeness (QED) is 0.0135. The largest absolute Gasteiger partial charge is 0.471 e. The van der Waals surface area contributed by atoms with Gasteiger partial charge in [0.05, 0.1) is 65.0 Å². The van der Waals surface area contributed by atoms with Crippen molar-refractivity contribution in [1.29, 1.82) is 5.26 Å². The molecule has 0 fully saturated rings. The lowest BCUT2D eigenvalue weighted by molar-refractivity contribution is 0.110. The number of fused-ring (bicyclic) bond motifs is 4. The minimum absolute atomic E-state index is 0.0466. The van der Waals surface area contributed by atoms with Gasteiger partial charge in [0.15, 0.2) is 75.6 Å².